The van der Waals surface area contributed by atoms with E-state index >= 15 is 0 Å². The van der Waals surface area contributed by atoms with E-state index in [-0.39, 0.29) is 22.8 Å². The minimum absolute atomic E-state index is 0.0294. The van der Waals surface area contributed by atoms with Gasteiger partial charge >= 0.3 is 6.18 Å². The summed E-state index contributed by atoms with van der Waals surface area (Å²) in [7, 11) is -0.0287. The smallest absolute Gasteiger partial charge is 0.367 e. The van der Waals surface area contributed by atoms with E-state index in [1.807, 2.05) is 22.5 Å². The Bertz CT molecular complexity index is 1960. The van der Waals surface area contributed by atoms with Crippen molar-refractivity contribution in [1.82, 2.24) is 28.6 Å². The molecule has 4 aromatic rings. The zero-order valence-electron chi connectivity index (χ0n) is 27.4. The number of nitrogens with zero attached hydrogens (tertiary/aromatic N) is 7. The Balaban J connectivity index is 1.12. The van der Waals surface area contributed by atoms with E-state index in [1.165, 1.54) is 9.87 Å². The quantitative estimate of drug-likeness (QED) is 0.249. The lowest BCUT2D eigenvalue weighted by atomic mass is 10.0. The van der Waals surface area contributed by atoms with Crippen LogP contribution < -0.4 is 10.6 Å². The van der Waals surface area contributed by atoms with Crippen LogP contribution in [0.5, 0.6) is 0 Å². The summed E-state index contributed by atoms with van der Waals surface area (Å²) in [5, 5.41) is 18.0. The lowest BCUT2D eigenvalue weighted by molar-refractivity contribution is -0.126. The summed E-state index contributed by atoms with van der Waals surface area (Å²) in [6.07, 6.45) is -3.59. The van der Waals surface area contributed by atoms with Crippen molar-refractivity contribution in [2.75, 3.05) is 56.8 Å². The van der Waals surface area contributed by atoms with Gasteiger partial charge in [-0.25, -0.2) is 17.7 Å². The number of hydrogen-bond donors (Lipinski definition) is 2. The predicted octanol–water partition coefficient (Wildman–Crippen LogP) is 4.97. The molecule has 16 heteroatoms. The fourth-order valence-corrected chi connectivity index (χ4v) is 9.06. The van der Waals surface area contributed by atoms with Crippen LogP contribution in [0.3, 0.4) is 0 Å². The molecule has 2 aliphatic heterocycles. The van der Waals surface area contributed by atoms with Crippen LogP contribution in [0.1, 0.15) is 41.5 Å². The third-order valence-corrected chi connectivity index (χ3v) is 12.3. The predicted molar refractivity (Wildman–Crippen MR) is 183 cm³/mol. The molecule has 1 atom stereocenters. The number of fused-ring (bicyclic) bond motifs is 2. The van der Waals surface area contributed by atoms with E-state index < -0.39 is 22.6 Å². The summed E-state index contributed by atoms with van der Waals surface area (Å²) < 4.78 is 67.5. The van der Waals surface area contributed by atoms with Gasteiger partial charge in [0.2, 0.25) is 16.0 Å². The normalized spacial score (nSPS) is 19.1. The largest absolute Gasteiger partial charge is 0.393 e. The highest BCUT2D eigenvalue weighted by molar-refractivity contribution is 7.89. The number of sulfonamides is 1. The monoisotopic (exact) mass is 703 g/mol. The molecule has 0 bridgehead atoms. The maximum absolute atomic E-state index is 13.1. The molecule has 0 aliphatic carbocycles. The fourth-order valence-electron chi connectivity index (χ4n) is 6.64. The number of nitrogens with one attached hydrogen (secondary N) is 2. The van der Waals surface area contributed by atoms with Crippen LogP contribution in [-0.2, 0) is 29.5 Å². The molecule has 0 unspecified atom stereocenters. The lowest BCUT2D eigenvalue weighted by Crippen LogP contribution is -2.52. The number of aromatic nitrogens is 3. The van der Waals surface area contributed by atoms with Crippen molar-refractivity contribution in [2.45, 2.75) is 64.5 Å². The Morgan fingerprint density at radius 3 is 2.54 bits per heavy atom. The number of nitriles is 1. The molecule has 0 saturated carbocycles. The molecule has 2 saturated heterocycles. The molecule has 2 aliphatic rings. The molecule has 5 heterocycles. The maximum Gasteiger partial charge on any atom is 0.393 e. The van der Waals surface area contributed by atoms with Crippen LogP contribution in [0.4, 0.5) is 24.9 Å². The number of likely N-dealkylation sites (tertiary alicyclic amines) is 1. The zero-order chi connectivity index (χ0) is 34.4. The number of piperidine rings is 1. The first-order valence-electron chi connectivity index (χ1n) is 16.0. The summed E-state index contributed by atoms with van der Waals surface area (Å²) in [6, 6.07) is 10.0. The highest BCUT2D eigenvalue weighted by Crippen LogP contribution is 2.35. The Hall–Kier alpha value is -3.49. The van der Waals surface area contributed by atoms with Crippen molar-refractivity contribution in [1.29, 1.82) is 5.26 Å². The molecule has 0 radical (unpaired) electrons. The average molecular weight is 704 g/mol. The number of aryl methyl sites for hydroxylation is 1. The Kier molecular flexibility index (Phi) is 9.62. The molecular formula is C32H40F3N9O2S2. The second-order valence-corrected chi connectivity index (χ2v) is 16.0. The molecule has 3 aromatic heterocycles. The molecule has 48 heavy (non-hydrogen) atoms. The van der Waals surface area contributed by atoms with Gasteiger partial charge in [-0.05, 0) is 56.0 Å². The fraction of sp³-hybridized carbons (Fsp3) is 0.531. The highest BCUT2D eigenvalue weighted by atomic mass is 32.2. The standard InChI is InChI=1S/C32H40F3N9O2S2/c1-20(43-12-11-41(4)48(45,46)19-43)17-44-24(16-36)13-26-21(2)22(5-6-28(26)44)18-42-9-7-23(8-10-42)38-29-27-14-25(15-32(33,34)35)47-30(27)40-31(37-3)39-29/h5-6,13-14,20,23H,7-12,15,17-19H2,1-4H3,(H2,37,38,39,40)/t20-/m0/s1. The van der Waals surface area contributed by atoms with E-state index in [2.05, 4.69) is 50.6 Å². The van der Waals surface area contributed by atoms with Crippen molar-refractivity contribution in [3.8, 4) is 6.07 Å². The van der Waals surface area contributed by atoms with Gasteiger partial charge in [-0.3, -0.25) is 9.80 Å². The summed E-state index contributed by atoms with van der Waals surface area (Å²) in [5.41, 5.74) is 3.81. The number of likely N-dealkylation sites (N-methyl/N-ethyl adjacent to an activating group) is 1. The van der Waals surface area contributed by atoms with Crippen molar-refractivity contribution < 1.29 is 21.6 Å². The lowest BCUT2D eigenvalue weighted by Gasteiger charge is -2.36. The van der Waals surface area contributed by atoms with Crippen molar-refractivity contribution >= 4 is 54.2 Å². The minimum Gasteiger partial charge on any atom is -0.367 e. The zero-order valence-corrected chi connectivity index (χ0v) is 29.1. The second kappa shape index (κ2) is 13.4. The van der Waals surface area contributed by atoms with Gasteiger partial charge in [-0.2, -0.15) is 23.4 Å². The Morgan fingerprint density at radius 2 is 1.88 bits per heavy atom. The van der Waals surface area contributed by atoms with Crippen LogP contribution in [0.15, 0.2) is 24.3 Å². The SMILES string of the molecule is CNc1nc(NC2CCN(Cc3ccc4c(cc(C#N)n4C[C@H](C)N4CCN(C)S(=O)(=O)C4)c3C)CC2)c2cc(CC(F)(F)F)sc2n1. The number of hydrogen-bond acceptors (Lipinski definition) is 10. The van der Waals surface area contributed by atoms with Gasteiger partial charge in [0.25, 0.3) is 0 Å². The summed E-state index contributed by atoms with van der Waals surface area (Å²) >= 11 is 1.04. The highest BCUT2D eigenvalue weighted by Gasteiger charge is 2.32. The minimum atomic E-state index is -4.29. The van der Waals surface area contributed by atoms with Gasteiger partial charge in [-0.15, -0.1) is 11.3 Å². The van der Waals surface area contributed by atoms with Crippen LogP contribution in [0.25, 0.3) is 21.1 Å². The molecule has 6 rings (SSSR count). The van der Waals surface area contributed by atoms with Crippen molar-refractivity contribution in [2.24, 2.45) is 0 Å². The summed E-state index contributed by atoms with van der Waals surface area (Å²) in [5.74, 6) is 0.886. The molecule has 0 spiro atoms. The Labute approximate surface area is 282 Å². The number of alkyl halides is 3. The van der Waals surface area contributed by atoms with Gasteiger partial charge in [0.05, 0.1) is 11.8 Å². The van der Waals surface area contributed by atoms with Crippen LogP contribution in [0, 0.1) is 18.3 Å². The maximum atomic E-state index is 13.1. The van der Waals surface area contributed by atoms with E-state index in [1.54, 1.807) is 20.2 Å². The second-order valence-electron chi connectivity index (χ2n) is 12.8. The topological polar surface area (TPSA) is 122 Å². The molecule has 258 valence electrons. The summed E-state index contributed by atoms with van der Waals surface area (Å²) in [6.45, 7) is 8.11. The number of thiophene rings is 1. The van der Waals surface area contributed by atoms with Crippen LogP contribution in [-0.4, -0.2) is 101 Å². The number of anilines is 2. The van der Waals surface area contributed by atoms with Gasteiger partial charge in [0.15, 0.2) is 0 Å². The molecular weight excluding hydrogens is 664 g/mol. The average Bonchev–Trinajstić information content (AvgIpc) is 3.60. The first kappa shape index (κ1) is 34.4. The first-order chi connectivity index (χ1) is 22.7. The van der Waals surface area contributed by atoms with E-state index in [9.17, 15) is 26.9 Å². The first-order valence-corrected chi connectivity index (χ1v) is 18.4. The third kappa shape index (κ3) is 7.25. The Morgan fingerprint density at radius 1 is 1.12 bits per heavy atom. The molecule has 11 nitrogen and oxygen atoms in total. The number of rotatable bonds is 9. The number of benzene rings is 1. The van der Waals surface area contributed by atoms with Gasteiger partial charge < -0.3 is 15.2 Å². The van der Waals surface area contributed by atoms with E-state index in [0.717, 1.165) is 60.3 Å². The van der Waals surface area contributed by atoms with Crippen molar-refractivity contribution in [3.63, 3.8) is 0 Å². The molecule has 2 fully saturated rings. The summed E-state index contributed by atoms with van der Waals surface area (Å²) in [4.78, 5) is 14.0. The molecule has 2 N–H and O–H groups in total. The van der Waals surface area contributed by atoms with Gasteiger partial charge in [0.1, 0.15) is 28.3 Å². The van der Waals surface area contributed by atoms with Crippen LogP contribution >= 0.6 is 11.3 Å². The third-order valence-electron chi connectivity index (χ3n) is 9.52. The van der Waals surface area contributed by atoms with E-state index in [4.69, 9.17) is 0 Å². The van der Waals surface area contributed by atoms with Gasteiger partial charge in [0, 0.05) is 81.2 Å². The van der Waals surface area contributed by atoms with Crippen LogP contribution in [0.2, 0.25) is 0 Å². The number of halogens is 3. The van der Waals surface area contributed by atoms with E-state index in [0.29, 0.717) is 47.3 Å². The van der Waals surface area contributed by atoms with Crippen molar-refractivity contribution in [3.05, 3.63) is 46.0 Å². The molecule has 0 amide bonds. The van der Waals surface area contributed by atoms with Gasteiger partial charge in [-0.1, -0.05) is 6.07 Å². The molecule has 1 aromatic carbocycles.